The number of rotatable bonds is 5. The van der Waals surface area contributed by atoms with Crippen LogP contribution in [0.4, 0.5) is 0 Å². The third-order valence-corrected chi connectivity index (χ3v) is 8.54. The average Bonchev–Trinajstić information content (AvgIpc) is 2.85. The van der Waals surface area contributed by atoms with Crippen molar-refractivity contribution in [3.63, 3.8) is 0 Å². The van der Waals surface area contributed by atoms with Crippen molar-refractivity contribution in [3.05, 3.63) is 68.9 Å². The molecule has 0 aliphatic heterocycles. The summed E-state index contributed by atoms with van der Waals surface area (Å²) in [5, 5.41) is 40.5. The fraction of sp³-hybridized carbons (Fsp3) is 0.367. The molecule has 2 aromatic carbocycles. The number of hydrogen-bond donors (Lipinski definition) is 4. The lowest BCUT2D eigenvalue weighted by Crippen LogP contribution is -2.13. The average molecular weight is 579 g/mol. The van der Waals surface area contributed by atoms with Crippen LogP contribution in [0.25, 0.3) is 21.8 Å². The van der Waals surface area contributed by atoms with E-state index in [-0.39, 0.29) is 36.4 Å². The molecule has 0 spiro atoms. The van der Waals surface area contributed by atoms with Crippen molar-refractivity contribution in [2.75, 3.05) is 0 Å². The van der Waals surface area contributed by atoms with E-state index in [1.54, 1.807) is 18.2 Å². The van der Waals surface area contributed by atoms with Gasteiger partial charge in [-0.15, -0.1) is 0 Å². The number of benzene rings is 2. The van der Waals surface area contributed by atoms with Gasteiger partial charge in [-0.1, -0.05) is 25.0 Å². The van der Waals surface area contributed by atoms with Crippen LogP contribution < -0.4 is 0 Å². The van der Waals surface area contributed by atoms with E-state index >= 15 is 0 Å². The van der Waals surface area contributed by atoms with Crippen LogP contribution in [0.2, 0.25) is 0 Å². The van der Waals surface area contributed by atoms with Crippen LogP contribution in [-0.4, -0.2) is 36.2 Å². The van der Waals surface area contributed by atoms with Gasteiger partial charge in [-0.25, -0.2) is 9.97 Å². The number of fused-ring (bicyclic) bond motifs is 2. The number of aromatic nitrogens is 2. The maximum absolute atomic E-state index is 11.9. The molecule has 6 rings (SSSR count). The Hall–Kier alpha value is -3.07. The summed E-state index contributed by atoms with van der Waals surface area (Å²) in [6.07, 6.45) is 6.59. The summed E-state index contributed by atoms with van der Waals surface area (Å²) in [6.45, 7) is 1.34. The molecule has 2 aliphatic rings. The van der Waals surface area contributed by atoms with Crippen LogP contribution in [-0.2, 0) is 13.2 Å². The largest absolute Gasteiger partial charge is 0.505 e. The van der Waals surface area contributed by atoms with E-state index < -0.39 is 0 Å². The molecule has 2 heterocycles. The highest BCUT2D eigenvalue weighted by Crippen LogP contribution is 2.44. The van der Waals surface area contributed by atoms with E-state index in [0.29, 0.717) is 38.1 Å². The number of nitrogens with zero attached hydrogens (tertiary/aromatic N) is 2. The fourth-order valence-corrected chi connectivity index (χ4v) is 5.60. The van der Waals surface area contributed by atoms with E-state index in [0.717, 1.165) is 54.3 Å². The molecule has 4 N–H and O–H groups in total. The summed E-state index contributed by atoms with van der Waals surface area (Å²) in [6, 6.07) is 10.9. The van der Waals surface area contributed by atoms with Gasteiger partial charge >= 0.3 is 0 Å². The van der Waals surface area contributed by atoms with Crippen LogP contribution in [0.3, 0.4) is 0 Å². The molecule has 2 fully saturated rings. The number of hydrogen-bond acceptors (Lipinski definition) is 7. The molecule has 2 aliphatic carbocycles. The molecule has 4 aromatic rings. The first kappa shape index (κ1) is 26.5. The lowest BCUT2D eigenvalue weighted by atomic mass is 9.81. The second kappa shape index (κ2) is 11.0. The molecular formula is C30H31BrN2O5. The number of aliphatic hydroxyl groups is 2. The molecule has 0 amide bonds. The van der Waals surface area contributed by atoms with E-state index in [9.17, 15) is 20.1 Å². The fourth-order valence-electron chi connectivity index (χ4n) is 5.08. The number of ketones is 1. The van der Waals surface area contributed by atoms with Crippen LogP contribution in [0, 0.1) is 0 Å². The second-order valence-corrected chi connectivity index (χ2v) is 11.0. The van der Waals surface area contributed by atoms with Gasteiger partial charge in [0, 0.05) is 22.6 Å². The lowest BCUT2D eigenvalue weighted by Gasteiger charge is -2.26. The summed E-state index contributed by atoms with van der Waals surface area (Å²) >= 11 is 3.44. The molecule has 8 heteroatoms. The van der Waals surface area contributed by atoms with Gasteiger partial charge in [0.15, 0.2) is 11.5 Å². The van der Waals surface area contributed by atoms with Gasteiger partial charge in [0.05, 0.1) is 45.7 Å². The zero-order chi connectivity index (χ0) is 27.0. The van der Waals surface area contributed by atoms with Crippen LogP contribution in [0.1, 0.15) is 90.2 Å². The molecule has 7 nitrogen and oxygen atoms in total. The van der Waals surface area contributed by atoms with Crippen molar-refractivity contribution in [2.24, 2.45) is 0 Å². The van der Waals surface area contributed by atoms with E-state index in [1.165, 1.54) is 13.3 Å². The number of carbonyl (C=O) groups is 1. The summed E-state index contributed by atoms with van der Waals surface area (Å²) in [7, 11) is 0. The standard InChI is InChI=1S/C16H17NO3.C14H14BrNO2/c1-9(19)14-12-7-10(8-18)5-6-13(12)17-15(16(14)20)11-3-2-4-11;15-12-10-6-8(7-17)4-5-11(10)16-13(14(12)18)9-2-1-3-9/h5-7,11,18,20H,2-4,8H2,1H3;4-6,9,17-18H,1-3,7H2. The van der Waals surface area contributed by atoms with Crippen LogP contribution in [0.15, 0.2) is 40.9 Å². The highest BCUT2D eigenvalue weighted by Gasteiger charge is 2.28. The number of halogens is 1. The smallest absolute Gasteiger partial charge is 0.164 e. The zero-order valence-electron chi connectivity index (χ0n) is 21.2. The summed E-state index contributed by atoms with van der Waals surface area (Å²) in [4.78, 5) is 21.0. The number of carbonyl (C=O) groups excluding carboxylic acids is 1. The molecule has 0 unspecified atom stereocenters. The van der Waals surface area contributed by atoms with Gasteiger partial charge in [0.25, 0.3) is 0 Å². The number of aliphatic hydroxyl groups excluding tert-OH is 2. The monoisotopic (exact) mass is 578 g/mol. The Balaban J connectivity index is 0.000000156. The third kappa shape index (κ3) is 4.88. The normalized spacial score (nSPS) is 15.6. The summed E-state index contributed by atoms with van der Waals surface area (Å²) in [5.74, 6) is 0.746. The molecule has 38 heavy (non-hydrogen) atoms. The Morgan fingerprint density at radius 1 is 0.816 bits per heavy atom. The van der Waals surface area contributed by atoms with Crippen molar-refractivity contribution in [1.29, 1.82) is 0 Å². The number of Topliss-reactive ketones (excluding diaryl/α,β-unsaturated/α-hetero) is 1. The highest BCUT2D eigenvalue weighted by atomic mass is 79.9. The molecule has 2 aromatic heterocycles. The Morgan fingerprint density at radius 2 is 1.29 bits per heavy atom. The number of pyridine rings is 2. The predicted molar refractivity (Wildman–Crippen MR) is 150 cm³/mol. The second-order valence-electron chi connectivity index (χ2n) is 10.2. The Kier molecular flexibility index (Phi) is 7.66. The van der Waals surface area contributed by atoms with Gasteiger partial charge < -0.3 is 20.4 Å². The van der Waals surface area contributed by atoms with Gasteiger partial charge in [-0.05, 0) is 83.9 Å². The molecular weight excluding hydrogens is 548 g/mol. The topological polar surface area (TPSA) is 124 Å². The van der Waals surface area contributed by atoms with Gasteiger partial charge in [-0.3, -0.25) is 4.79 Å². The van der Waals surface area contributed by atoms with Gasteiger partial charge in [-0.2, -0.15) is 0 Å². The Morgan fingerprint density at radius 3 is 1.74 bits per heavy atom. The van der Waals surface area contributed by atoms with Gasteiger partial charge in [0.1, 0.15) is 5.75 Å². The molecule has 0 bridgehead atoms. The van der Waals surface area contributed by atoms with E-state index in [1.807, 2.05) is 18.2 Å². The third-order valence-electron chi connectivity index (χ3n) is 7.74. The molecule has 0 saturated heterocycles. The van der Waals surface area contributed by atoms with E-state index in [4.69, 9.17) is 5.11 Å². The van der Waals surface area contributed by atoms with E-state index in [2.05, 4.69) is 25.9 Å². The van der Waals surface area contributed by atoms with Crippen molar-refractivity contribution in [3.8, 4) is 11.5 Å². The minimum Gasteiger partial charge on any atom is -0.505 e. The first-order valence-electron chi connectivity index (χ1n) is 13.0. The first-order valence-corrected chi connectivity index (χ1v) is 13.8. The van der Waals surface area contributed by atoms with Gasteiger partial charge in [0.2, 0.25) is 0 Å². The molecule has 2 saturated carbocycles. The zero-order valence-corrected chi connectivity index (χ0v) is 22.8. The van der Waals surface area contributed by atoms with Crippen molar-refractivity contribution >= 4 is 43.5 Å². The van der Waals surface area contributed by atoms with Crippen molar-refractivity contribution in [1.82, 2.24) is 9.97 Å². The maximum atomic E-state index is 11.9. The summed E-state index contributed by atoms with van der Waals surface area (Å²) in [5.41, 5.74) is 4.86. The molecule has 198 valence electrons. The quantitative estimate of drug-likeness (QED) is 0.203. The molecule has 0 atom stereocenters. The maximum Gasteiger partial charge on any atom is 0.164 e. The van der Waals surface area contributed by atoms with Crippen LogP contribution >= 0.6 is 15.9 Å². The SMILES string of the molecule is CC(=O)c1c(O)c(C2CCC2)nc2ccc(CO)cc12.OCc1ccc2nc(C3CCC3)c(O)c(Br)c2c1. The predicted octanol–water partition coefficient (Wildman–Crippen LogP) is 6.37. The molecule has 0 radical (unpaired) electrons. The first-order chi connectivity index (χ1) is 18.3. The number of aromatic hydroxyl groups is 2. The highest BCUT2D eigenvalue weighted by molar-refractivity contribution is 9.10. The van der Waals surface area contributed by atoms with Crippen LogP contribution in [0.5, 0.6) is 11.5 Å². The minimum atomic E-state index is -0.175. The Labute approximate surface area is 229 Å². The minimum absolute atomic E-state index is 0.00643. The Bertz CT molecular complexity index is 1530. The summed E-state index contributed by atoms with van der Waals surface area (Å²) < 4.78 is 0.685. The van der Waals surface area contributed by atoms with Crippen molar-refractivity contribution in [2.45, 2.75) is 70.5 Å². The van der Waals surface area contributed by atoms with Crippen molar-refractivity contribution < 1.29 is 25.2 Å². The lowest BCUT2D eigenvalue weighted by molar-refractivity contribution is 0.101.